The molecule has 1 aliphatic rings. The second kappa shape index (κ2) is 12.4. The second-order valence-electron chi connectivity index (χ2n) is 7.47. The summed E-state index contributed by atoms with van der Waals surface area (Å²) in [6, 6.07) is 11.6. The molecule has 0 saturated carbocycles. The van der Waals surface area contributed by atoms with Crippen molar-refractivity contribution < 1.29 is 28.9 Å². The summed E-state index contributed by atoms with van der Waals surface area (Å²) in [5.41, 5.74) is 4.80. The van der Waals surface area contributed by atoms with E-state index in [4.69, 9.17) is 14.2 Å². The number of rotatable bonds is 10. The van der Waals surface area contributed by atoms with E-state index in [9.17, 15) is 14.7 Å². The van der Waals surface area contributed by atoms with Crippen LogP contribution in [0.1, 0.15) is 31.0 Å². The molecule has 0 aliphatic carbocycles. The third kappa shape index (κ3) is 7.09. The quantitative estimate of drug-likeness (QED) is 0.109. The third-order valence-corrected chi connectivity index (χ3v) is 5.70. The Kier molecular flexibility index (Phi) is 9.32. The van der Waals surface area contributed by atoms with Crippen molar-refractivity contribution in [1.29, 1.82) is 0 Å². The van der Waals surface area contributed by atoms with Crippen LogP contribution in [0.2, 0.25) is 0 Å². The number of hydrogen-bond acceptors (Lipinski definition) is 8. The maximum absolute atomic E-state index is 12.3. The summed E-state index contributed by atoms with van der Waals surface area (Å²) in [5, 5.41) is 19.5. The number of halogens is 1. The highest BCUT2D eigenvalue weighted by Crippen LogP contribution is 2.34. The van der Waals surface area contributed by atoms with Crippen LogP contribution in [0.25, 0.3) is 0 Å². The van der Waals surface area contributed by atoms with Crippen molar-refractivity contribution in [3.8, 4) is 11.5 Å². The van der Waals surface area contributed by atoms with Crippen LogP contribution in [-0.2, 0) is 9.53 Å². The van der Waals surface area contributed by atoms with Crippen LogP contribution in [0.3, 0.4) is 0 Å². The largest absolute Gasteiger partial charge is 0.490 e. The first-order valence-electron chi connectivity index (χ1n) is 10.8. The number of allylic oxidation sites excluding steroid dienone is 1. The molecule has 0 unspecified atom stereocenters. The van der Waals surface area contributed by atoms with Crippen LogP contribution in [0, 0.1) is 3.57 Å². The Morgan fingerprint density at radius 3 is 2.66 bits per heavy atom. The molecular weight excluding hydrogens is 567 g/mol. The van der Waals surface area contributed by atoms with Gasteiger partial charge in [0.15, 0.2) is 17.7 Å². The normalized spacial score (nSPS) is 16.4. The van der Waals surface area contributed by atoms with Crippen LogP contribution < -0.4 is 25.5 Å². The number of carbonyl (C=O) groups is 2. The van der Waals surface area contributed by atoms with Gasteiger partial charge in [0.25, 0.3) is 0 Å². The number of aliphatic hydroxyl groups is 1. The molecule has 2 amide bonds. The lowest BCUT2D eigenvalue weighted by Crippen LogP contribution is -2.45. The molecule has 10 nitrogen and oxygen atoms in total. The second-order valence-corrected chi connectivity index (χ2v) is 8.71. The van der Waals surface area contributed by atoms with Gasteiger partial charge in [-0.1, -0.05) is 18.2 Å². The summed E-state index contributed by atoms with van der Waals surface area (Å²) in [5.74, 6) is 0.228. The van der Waals surface area contributed by atoms with Crippen molar-refractivity contribution in [3.05, 3.63) is 68.4 Å². The average Bonchev–Trinajstić information content (AvgIpc) is 2.83. The van der Waals surface area contributed by atoms with E-state index in [0.717, 1.165) is 9.13 Å². The van der Waals surface area contributed by atoms with Gasteiger partial charge in [-0.15, -0.1) is 0 Å². The van der Waals surface area contributed by atoms with Gasteiger partial charge in [0.1, 0.15) is 6.61 Å². The molecule has 0 spiro atoms. The lowest BCUT2D eigenvalue weighted by atomic mass is 9.95. The molecule has 3 rings (SSSR count). The number of nitrogens with one attached hydrogen (secondary N) is 3. The Morgan fingerprint density at radius 2 is 1.97 bits per heavy atom. The van der Waals surface area contributed by atoms with E-state index >= 15 is 0 Å². The third-order valence-electron chi connectivity index (χ3n) is 4.98. The van der Waals surface area contributed by atoms with Gasteiger partial charge in [0, 0.05) is 9.27 Å². The maximum atomic E-state index is 12.3. The number of ether oxygens (including phenoxy) is 3. The zero-order valence-corrected chi connectivity index (χ0v) is 21.7. The van der Waals surface area contributed by atoms with Crippen molar-refractivity contribution in [2.45, 2.75) is 26.1 Å². The minimum atomic E-state index is -1.07. The molecule has 2 aromatic carbocycles. The first kappa shape index (κ1) is 26.3. The van der Waals surface area contributed by atoms with Crippen molar-refractivity contribution in [1.82, 2.24) is 16.1 Å². The molecule has 186 valence electrons. The van der Waals surface area contributed by atoms with Crippen LogP contribution in [0.4, 0.5) is 4.79 Å². The van der Waals surface area contributed by atoms with Crippen LogP contribution in [0.15, 0.2) is 58.8 Å². The van der Waals surface area contributed by atoms with E-state index in [1.165, 1.54) is 7.11 Å². The number of urea groups is 1. The lowest BCUT2D eigenvalue weighted by molar-refractivity contribution is -0.136. The summed E-state index contributed by atoms with van der Waals surface area (Å²) < 4.78 is 17.4. The van der Waals surface area contributed by atoms with Gasteiger partial charge < -0.3 is 30.0 Å². The predicted molar refractivity (Wildman–Crippen MR) is 138 cm³/mol. The van der Waals surface area contributed by atoms with Gasteiger partial charge in [-0.05, 0) is 71.8 Å². The highest BCUT2D eigenvalue weighted by Gasteiger charge is 2.32. The molecule has 2 atom stereocenters. The lowest BCUT2D eigenvalue weighted by Gasteiger charge is -2.28. The molecule has 0 radical (unpaired) electrons. The SMILES string of the molecule is CCOc1cc([C@@H]2NC(=O)NC(C)=C2C(=O)OC)ccc1OC[C@@H](O)N/N=C\c1ccc(I)cc1. The Morgan fingerprint density at radius 1 is 1.23 bits per heavy atom. The number of carbonyl (C=O) groups excluding carboxylic acids is 2. The molecule has 1 aliphatic heterocycles. The van der Waals surface area contributed by atoms with Crippen LogP contribution in [0.5, 0.6) is 11.5 Å². The fourth-order valence-electron chi connectivity index (χ4n) is 3.37. The topological polar surface area (TPSA) is 131 Å². The Balaban J connectivity index is 1.71. The van der Waals surface area contributed by atoms with Crippen molar-refractivity contribution in [2.24, 2.45) is 5.10 Å². The summed E-state index contributed by atoms with van der Waals surface area (Å²) in [6.07, 6.45) is 0.533. The average molecular weight is 594 g/mol. The summed E-state index contributed by atoms with van der Waals surface area (Å²) in [6.45, 7) is 3.72. The van der Waals surface area contributed by atoms with Gasteiger partial charge in [-0.25, -0.2) is 9.59 Å². The summed E-state index contributed by atoms with van der Waals surface area (Å²) in [4.78, 5) is 24.4. The van der Waals surface area contributed by atoms with Crippen molar-refractivity contribution in [3.63, 3.8) is 0 Å². The number of aliphatic hydroxyl groups excluding tert-OH is 1. The maximum Gasteiger partial charge on any atom is 0.337 e. The summed E-state index contributed by atoms with van der Waals surface area (Å²) >= 11 is 2.22. The van der Waals surface area contributed by atoms with Gasteiger partial charge in [0.05, 0.1) is 31.5 Å². The van der Waals surface area contributed by atoms with Gasteiger partial charge in [0.2, 0.25) is 0 Å². The minimum absolute atomic E-state index is 0.0973. The molecule has 11 heteroatoms. The Hall–Kier alpha value is -3.32. The fourth-order valence-corrected chi connectivity index (χ4v) is 3.73. The van der Waals surface area contributed by atoms with E-state index in [2.05, 4.69) is 43.8 Å². The molecule has 0 aromatic heterocycles. The summed E-state index contributed by atoms with van der Waals surface area (Å²) in [7, 11) is 1.28. The first-order chi connectivity index (χ1) is 16.8. The number of nitrogens with zero attached hydrogens (tertiary/aromatic N) is 1. The number of benzene rings is 2. The zero-order valence-electron chi connectivity index (χ0n) is 19.5. The van der Waals surface area contributed by atoms with E-state index < -0.39 is 24.3 Å². The highest BCUT2D eigenvalue weighted by atomic mass is 127. The molecule has 0 saturated heterocycles. The number of hydrogen-bond donors (Lipinski definition) is 4. The van der Waals surface area contributed by atoms with E-state index in [1.807, 2.05) is 31.2 Å². The number of methoxy groups -OCH3 is 1. The van der Waals surface area contributed by atoms with E-state index in [0.29, 0.717) is 29.4 Å². The van der Waals surface area contributed by atoms with E-state index in [-0.39, 0.29) is 12.2 Å². The van der Waals surface area contributed by atoms with Crippen LogP contribution >= 0.6 is 22.6 Å². The minimum Gasteiger partial charge on any atom is -0.490 e. The smallest absolute Gasteiger partial charge is 0.337 e. The molecule has 0 bridgehead atoms. The molecule has 1 heterocycles. The molecule has 0 fully saturated rings. The van der Waals surface area contributed by atoms with E-state index in [1.54, 1.807) is 31.3 Å². The standard InChI is InChI=1S/C24H27IN4O6/c1-4-34-19-11-16(22-21(23(31)33-3)14(2)27-24(32)28-22)7-10-18(19)35-13-20(30)29-26-12-15-5-8-17(25)9-6-15/h5-12,20,22,29-30H,4,13H2,1-3H3,(H2,27,28,32)/b26-12-/t20-,22+/m1/s1. The highest BCUT2D eigenvalue weighted by molar-refractivity contribution is 14.1. The fraction of sp³-hybridized carbons (Fsp3) is 0.292. The van der Waals surface area contributed by atoms with Gasteiger partial charge in [-0.2, -0.15) is 5.10 Å². The monoisotopic (exact) mass is 594 g/mol. The van der Waals surface area contributed by atoms with Crippen molar-refractivity contribution >= 4 is 40.8 Å². The number of amides is 2. The molecular formula is C24H27IN4O6. The van der Waals surface area contributed by atoms with Gasteiger partial charge in [-0.3, -0.25) is 5.43 Å². The Labute approximate surface area is 216 Å². The zero-order chi connectivity index (χ0) is 25.4. The molecule has 35 heavy (non-hydrogen) atoms. The van der Waals surface area contributed by atoms with Crippen LogP contribution in [-0.4, -0.2) is 49.9 Å². The van der Waals surface area contributed by atoms with Crippen molar-refractivity contribution in [2.75, 3.05) is 20.3 Å². The number of hydrazone groups is 1. The number of esters is 1. The Bertz CT molecular complexity index is 1120. The first-order valence-corrected chi connectivity index (χ1v) is 11.9. The predicted octanol–water partition coefficient (Wildman–Crippen LogP) is 2.81. The van der Waals surface area contributed by atoms with Gasteiger partial charge >= 0.3 is 12.0 Å². The molecule has 4 N–H and O–H groups in total. The molecule has 2 aromatic rings.